The van der Waals surface area contributed by atoms with Crippen LogP contribution in [0.15, 0.2) is 48.5 Å². The minimum absolute atomic E-state index is 0.106. The van der Waals surface area contributed by atoms with Crippen LogP contribution in [-0.4, -0.2) is 15.8 Å². The van der Waals surface area contributed by atoms with Crippen LogP contribution in [0.4, 0.5) is 10.1 Å². The van der Waals surface area contributed by atoms with Crippen molar-refractivity contribution in [3.8, 4) is 6.07 Å². The number of carbonyl (C=O) groups excluding carboxylic acids is 1. The highest BCUT2D eigenvalue weighted by molar-refractivity contribution is 6.34. The van der Waals surface area contributed by atoms with E-state index in [4.69, 9.17) is 57.4 Å². The van der Waals surface area contributed by atoms with E-state index in [-0.39, 0.29) is 33.5 Å². The Morgan fingerprint density at radius 3 is 1.93 bits per heavy atom. The molecule has 1 aromatic carbocycles. The maximum atomic E-state index is 12.7. The molecule has 0 bridgehead atoms. The van der Waals surface area contributed by atoms with Crippen molar-refractivity contribution >= 4 is 57.9 Å². The molecule has 3 rings (SSSR count). The molecule has 0 aliphatic rings. The van der Waals surface area contributed by atoms with E-state index in [1.165, 1.54) is 31.2 Å². The third-order valence-corrected chi connectivity index (χ3v) is 4.30. The van der Waals surface area contributed by atoms with Crippen molar-refractivity contribution in [1.82, 2.24) is 9.97 Å². The number of pyridine rings is 2. The van der Waals surface area contributed by atoms with Gasteiger partial charge in [-0.2, -0.15) is 5.26 Å². The third-order valence-electron chi connectivity index (χ3n) is 3.25. The minimum atomic E-state index is -0.377. The van der Waals surface area contributed by atoms with Crippen LogP contribution < -0.4 is 5.73 Å². The van der Waals surface area contributed by atoms with Gasteiger partial charge in [0.1, 0.15) is 21.3 Å². The maximum absolute atomic E-state index is 12.7. The summed E-state index contributed by atoms with van der Waals surface area (Å²) < 4.78 is 12.7. The molecule has 2 N–H and O–H groups in total. The molecule has 0 fully saturated rings. The molecule has 0 amide bonds. The molecule has 30 heavy (non-hydrogen) atoms. The smallest absolute Gasteiger partial charge is 0.167 e. The number of nitrogens with two attached hydrogens (primary N) is 1. The van der Waals surface area contributed by atoms with Gasteiger partial charge in [-0.25, -0.2) is 14.4 Å². The quantitative estimate of drug-likeness (QED) is 0.338. The van der Waals surface area contributed by atoms with E-state index < -0.39 is 0 Å². The van der Waals surface area contributed by atoms with E-state index in [1.807, 2.05) is 0 Å². The average Bonchev–Trinajstić information content (AvgIpc) is 2.69. The molecule has 2 aromatic heterocycles. The summed E-state index contributed by atoms with van der Waals surface area (Å²) in [6, 6.07) is 13.5. The van der Waals surface area contributed by atoms with E-state index in [1.54, 1.807) is 30.3 Å². The summed E-state index contributed by atoms with van der Waals surface area (Å²) in [5.41, 5.74) is 6.81. The van der Waals surface area contributed by atoms with Crippen molar-refractivity contribution < 1.29 is 9.18 Å². The highest BCUT2D eigenvalue weighted by Crippen LogP contribution is 2.19. The highest BCUT2D eigenvalue weighted by Gasteiger charge is 2.11. The highest BCUT2D eigenvalue weighted by atomic mass is 35.5. The van der Waals surface area contributed by atoms with Crippen LogP contribution in [0, 0.1) is 17.1 Å². The predicted molar refractivity (Wildman–Crippen MR) is 119 cm³/mol. The van der Waals surface area contributed by atoms with Crippen molar-refractivity contribution in [2.24, 2.45) is 0 Å². The number of hydrogen-bond donors (Lipinski definition) is 1. The number of carbonyl (C=O) groups is 1. The normalized spacial score (nSPS) is 9.37. The lowest BCUT2D eigenvalue weighted by atomic mass is 10.0. The van der Waals surface area contributed by atoms with E-state index in [0.717, 1.165) is 0 Å². The monoisotopic (exact) mass is 486 g/mol. The molecule has 0 radical (unpaired) electrons. The number of ketones is 1. The van der Waals surface area contributed by atoms with Crippen LogP contribution in [0.2, 0.25) is 20.6 Å². The van der Waals surface area contributed by atoms with Gasteiger partial charge in [-0.1, -0.05) is 52.5 Å². The molecule has 0 saturated heterocycles. The molecule has 0 aliphatic carbocycles. The fourth-order valence-electron chi connectivity index (χ4n) is 1.91. The van der Waals surface area contributed by atoms with Gasteiger partial charge in [0, 0.05) is 18.9 Å². The van der Waals surface area contributed by atoms with Gasteiger partial charge in [-0.15, -0.1) is 0 Å². The van der Waals surface area contributed by atoms with Crippen molar-refractivity contribution in [2.45, 2.75) is 13.3 Å². The summed E-state index contributed by atoms with van der Waals surface area (Å²) in [4.78, 5) is 19.5. The SMILES string of the molecule is CC#N.Nc1ccc(Cl)nc1Cl.O=C(Cc1ccc(Cl)nc1Cl)c1ccc(F)cc1. The number of nitrogens with zero attached hydrogens (tertiary/aromatic N) is 3. The standard InChI is InChI=1S/C13H8Cl2FNO.C5H4Cl2N2.C2H3N/c14-12-6-3-9(13(15)17-12)7-11(18)8-1-4-10(16)5-2-8;6-4-2-1-3(8)5(7)9-4;1-2-3/h1-6H,7H2;1-2H,8H2;1H3. The second kappa shape index (κ2) is 13.0. The van der Waals surface area contributed by atoms with Gasteiger partial charge in [0.05, 0.1) is 11.8 Å². The van der Waals surface area contributed by atoms with Crippen molar-refractivity contribution in [3.63, 3.8) is 0 Å². The number of hydrogen-bond acceptors (Lipinski definition) is 5. The van der Waals surface area contributed by atoms with Gasteiger partial charge >= 0.3 is 0 Å². The van der Waals surface area contributed by atoms with Crippen molar-refractivity contribution in [3.05, 3.63) is 86.1 Å². The van der Waals surface area contributed by atoms with Crippen LogP contribution in [0.1, 0.15) is 22.8 Å². The van der Waals surface area contributed by atoms with Gasteiger partial charge in [0.25, 0.3) is 0 Å². The van der Waals surface area contributed by atoms with Gasteiger partial charge in [0.15, 0.2) is 10.9 Å². The molecular formula is C20H15Cl4FN4O. The summed E-state index contributed by atoms with van der Waals surface area (Å²) >= 11 is 22.5. The lowest BCUT2D eigenvalue weighted by molar-refractivity contribution is 0.0993. The maximum Gasteiger partial charge on any atom is 0.167 e. The molecular weight excluding hydrogens is 473 g/mol. The molecule has 5 nitrogen and oxygen atoms in total. The van der Waals surface area contributed by atoms with Crippen LogP contribution >= 0.6 is 46.4 Å². The van der Waals surface area contributed by atoms with Crippen molar-refractivity contribution in [2.75, 3.05) is 5.73 Å². The fraction of sp³-hybridized carbons (Fsp3) is 0.100. The van der Waals surface area contributed by atoms with Crippen LogP contribution in [0.3, 0.4) is 0 Å². The Kier molecular flexibility index (Phi) is 11.1. The first-order valence-electron chi connectivity index (χ1n) is 8.16. The van der Waals surface area contributed by atoms with Gasteiger partial charge in [0.2, 0.25) is 0 Å². The molecule has 0 unspecified atom stereocenters. The average molecular weight is 488 g/mol. The molecule has 0 spiro atoms. The zero-order valence-corrected chi connectivity index (χ0v) is 18.6. The number of Topliss-reactive ketones (excluding diaryl/α,β-unsaturated/α-hetero) is 1. The largest absolute Gasteiger partial charge is 0.396 e. The predicted octanol–water partition coefficient (Wildman–Crippen LogP) is 6.45. The first-order valence-corrected chi connectivity index (χ1v) is 9.67. The zero-order valence-electron chi connectivity index (χ0n) is 15.5. The summed E-state index contributed by atoms with van der Waals surface area (Å²) in [6.45, 7) is 1.43. The second-order valence-corrected chi connectivity index (χ2v) is 6.92. The number of halogens is 5. The fourth-order valence-corrected chi connectivity index (χ4v) is 2.66. The van der Waals surface area contributed by atoms with Crippen LogP contribution in [0.25, 0.3) is 0 Å². The topological polar surface area (TPSA) is 92.7 Å². The molecule has 10 heteroatoms. The van der Waals surface area contributed by atoms with Crippen LogP contribution in [0.5, 0.6) is 0 Å². The number of aromatic nitrogens is 2. The number of rotatable bonds is 3. The Labute approximate surface area is 193 Å². The lowest BCUT2D eigenvalue weighted by Gasteiger charge is -2.03. The summed E-state index contributed by atoms with van der Waals surface area (Å²) in [7, 11) is 0. The minimum Gasteiger partial charge on any atom is -0.396 e. The molecule has 156 valence electrons. The first kappa shape index (κ1) is 25.6. The van der Waals surface area contributed by atoms with Crippen LogP contribution in [-0.2, 0) is 6.42 Å². The molecule has 0 aliphatic heterocycles. The Balaban J connectivity index is 0.000000313. The third kappa shape index (κ3) is 8.93. The number of nitriles is 1. The Morgan fingerprint density at radius 2 is 1.47 bits per heavy atom. The summed E-state index contributed by atoms with van der Waals surface area (Å²) in [5, 5.41) is 8.41. The first-order chi connectivity index (χ1) is 14.2. The molecule has 2 heterocycles. The Bertz CT molecular complexity index is 1040. The Hall–Kier alpha value is -2.43. The lowest BCUT2D eigenvalue weighted by Crippen LogP contribution is -2.04. The van der Waals surface area contributed by atoms with E-state index in [0.29, 0.717) is 22.0 Å². The van der Waals surface area contributed by atoms with Crippen molar-refractivity contribution in [1.29, 1.82) is 5.26 Å². The molecule has 0 atom stereocenters. The number of anilines is 1. The van der Waals surface area contributed by atoms with Gasteiger partial charge in [-0.05, 0) is 48.0 Å². The second-order valence-electron chi connectivity index (χ2n) is 5.43. The number of benzene rings is 1. The molecule has 0 saturated carbocycles. The Morgan fingerprint density at radius 1 is 0.967 bits per heavy atom. The summed E-state index contributed by atoms with van der Waals surface area (Å²) in [5.74, 6) is -0.529. The molecule has 3 aromatic rings. The van der Waals surface area contributed by atoms with E-state index in [2.05, 4.69) is 9.97 Å². The summed E-state index contributed by atoms with van der Waals surface area (Å²) in [6.07, 6.45) is 0.106. The zero-order chi connectivity index (χ0) is 22.7. The van der Waals surface area contributed by atoms with Gasteiger partial charge < -0.3 is 5.73 Å². The number of nitrogen functional groups attached to an aromatic ring is 1. The van der Waals surface area contributed by atoms with E-state index >= 15 is 0 Å². The van der Waals surface area contributed by atoms with Gasteiger partial charge in [-0.3, -0.25) is 4.79 Å². The van der Waals surface area contributed by atoms with E-state index in [9.17, 15) is 9.18 Å².